The third-order valence-corrected chi connectivity index (χ3v) is 6.15. The molecule has 0 aliphatic heterocycles. The second-order valence-electron chi connectivity index (χ2n) is 7.21. The first-order valence-electron chi connectivity index (χ1n) is 9.48. The molecule has 0 spiro atoms. The van der Waals surface area contributed by atoms with Crippen molar-refractivity contribution in [2.75, 3.05) is 5.32 Å². The Kier molecular flexibility index (Phi) is 6.49. The third kappa shape index (κ3) is 4.27. The fraction of sp³-hybridized carbons (Fsp3) is 0.364. The Hall–Kier alpha value is -2.22. The van der Waals surface area contributed by atoms with Crippen molar-refractivity contribution in [2.45, 2.75) is 52.0 Å². The lowest BCUT2D eigenvalue weighted by Crippen LogP contribution is -2.15. The van der Waals surface area contributed by atoms with Crippen LogP contribution in [0.1, 0.15) is 55.1 Å². The highest BCUT2D eigenvalue weighted by Crippen LogP contribution is 2.33. The Morgan fingerprint density at radius 2 is 1.96 bits per heavy atom. The standard InChI is InChI=1S/C22H23Cl2N3O/c1-14-11-16(15(2)27(14)18-7-4-3-5-8-18)12-17(13-25)22(28)26-20-10-6-9-19(23)21(20)24/h6,9-12,18H,3-5,7-8H2,1-2H3,(H,26,28). The number of carbonyl (C=O) groups is 1. The Labute approximate surface area is 175 Å². The van der Waals surface area contributed by atoms with Crippen LogP contribution in [0.4, 0.5) is 5.69 Å². The molecule has 0 atom stereocenters. The molecular weight excluding hydrogens is 393 g/mol. The molecule has 0 unspecified atom stereocenters. The molecule has 1 fully saturated rings. The predicted octanol–water partition coefficient (Wildman–Crippen LogP) is 6.46. The number of halogens is 2. The maximum absolute atomic E-state index is 12.6. The summed E-state index contributed by atoms with van der Waals surface area (Å²) in [4.78, 5) is 12.6. The molecule has 1 saturated carbocycles. The highest BCUT2D eigenvalue weighted by atomic mass is 35.5. The van der Waals surface area contributed by atoms with Gasteiger partial charge in [0.1, 0.15) is 11.6 Å². The Morgan fingerprint density at radius 3 is 2.64 bits per heavy atom. The normalized spacial score (nSPS) is 15.3. The van der Waals surface area contributed by atoms with Crippen LogP contribution in [0.15, 0.2) is 29.8 Å². The number of rotatable bonds is 4. The molecular formula is C22H23Cl2N3O. The largest absolute Gasteiger partial charge is 0.346 e. The molecule has 1 aliphatic rings. The molecule has 1 N–H and O–H groups in total. The van der Waals surface area contributed by atoms with Crippen LogP contribution < -0.4 is 5.32 Å². The maximum atomic E-state index is 12.6. The SMILES string of the molecule is Cc1cc(C=C(C#N)C(=O)Nc2cccc(Cl)c2Cl)c(C)n1C1CCCCC1. The molecule has 1 amide bonds. The second kappa shape index (κ2) is 8.86. The van der Waals surface area contributed by atoms with Crippen LogP contribution in [-0.4, -0.2) is 10.5 Å². The van der Waals surface area contributed by atoms with Gasteiger partial charge in [0.15, 0.2) is 0 Å². The molecule has 146 valence electrons. The molecule has 0 radical (unpaired) electrons. The van der Waals surface area contributed by atoms with E-state index < -0.39 is 5.91 Å². The van der Waals surface area contributed by atoms with Gasteiger partial charge in [-0.2, -0.15) is 5.26 Å². The zero-order chi connectivity index (χ0) is 20.3. The number of benzene rings is 1. The number of hydrogen-bond donors (Lipinski definition) is 1. The van der Waals surface area contributed by atoms with Crippen molar-refractivity contribution in [3.8, 4) is 6.07 Å². The lowest BCUT2D eigenvalue weighted by Gasteiger charge is -2.26. The van der Waals surface area contributed by atoms with E-state index in [0.29, 0.717) is 16.8 Å². The average Bonchev–Trinajstić information content (AvgIpc) is 2.97. The van der Waals surface area contributed by atoms with Crippen LogP contribution in [0.25, 0.3) is 6.08 Å². The van der Waals surface area contributed by atoms with Crippen LogP contribution in [-0.2, 0) is 4.79 Å². The van der Waals surface area contributed by atoms with E-state index in [1.54, 1.807) is 24.3 Å². The van der Waals surface area contributed by atoms with Crippen molar-refractivity contribution in [2.24, 2.45) is 0 Å². The van der Waals surface area contributed by atoms with Gasteiger partial charge in [0.2, 0.25) is 0 Å². The van der Waals surface area contributed by atoms with Gasteiger partial charge in [-0.1, -0.05) is 48.5 Å². The molecule has 3 rings (SSSR count). The van der Waals surface area contributed by atoms with Gasteiger partial charge in [-0.15, -0.1) is 0 Å². The van der Waals surface area contributed by atoms with E-state index in [9.17, 15) is 10.1 Å². The van der Waals surface area contributed by atoms with Crippen molar-refractivity contribution >= 4 is 40.9 Å². The molecule has 1 aromatic heterocycles. The summed E-state index contributed by atoms with van der Waals surface area (Å²) in [6.07, 6.45) is 7.80. The number of nitrogens with one attached hydrogen (secondary N) is 1. The van der Waals surface area contributed by atoms with Gasteiger partial charge in [-0.3, -0.25) is 4.79 Å². The van der Waals surface area contributed by atoms with Crippen molar-refractivity contribution in [1.82, 2.24) is 4.57 Å². The summed E-state index contributed by atoms with van der Waals surface area (Å²) < 4.78 is 2.35. The van der Waals surface area contributed by atoms with E-state index >= 15 is 0 Å². The van der Waals surface area contributed by atoms with E-state index in [1.807, 2.05) is 19.1 Å². The monoisotopic (exact) mass is 415 g/mol. The average molecular weight is 416 g/mol. The number of nitriles is 1. The molecule has 0 saturated heterocycles. The number of nitrogens with zero attached hydrogens (tertiary/aromatic N) is 2. The van der Waals surface area contributed by atoms with E-state index in [1.165, 1.54) is 32.1 Å². The highest BCUT2D eigenvalue weighted by molar-refractivity contribution is 6.44. The smallest absolute Gasteiger partial charge is 0.266 e. The van der Waals surface area contributed by atoms with E-state index in [2.05, 4.69) is 16.8 Å². The van der Waals surface area contributed by atoms with Gasteiger partial charge >= 0.3 is 0 Å². The molecule has 28 heavy (non-hydrogen) atoms. The topological polar surface area (TPSA) is 57.8 Å². The van der Waals surface area contributed by atoms with E-state index in [4.69, 9.17) is 23.2 Å². The molecule has 1 heterocycles. The van der Waals surface area contributed by atoms with Crippen molar-refractivity contribution in [3.05, 3.63) is 56.8 Å². The lowest BCUT2D eigenvalue weighted by atomic mass is 9.95. The first kappa shape index (κ1) is 20.5. The minimum absolute atomic E-state index is 0.0277. The van der Waals surface area contributed by atoms with Crippen LogP contribution in [0, 0.1) is 25.2 Å². The molecule has 0 bridgehead atoms. The predicted molar refractivity (Wildman–Crippen MR) is 115 cm³/mol. The number of hydrogen-bond acceptors (Lipinski definition) is 2. The lowest BCUT2D eigenvalue weighted by molar-refractivity contribution is -0.112. The number of aryl methyl sites for hydroxylation is 1. The number of aromatic nitrogens is 1. The summed E-state index contributed by atoms with van der Waals surface area (Å²) in [6.45, 7) is 4.13. The first-order chi connectivity index (χ1) is 13.4. The van der Waals surface area contributed by atoms with Gasteiger partial charge in [0, 0.05) is 17.4 Å². The van der Waals surface area contributed by atoms with E-state index in [0.717, 1.165) is 17.0 Å². The molecule has 1 aliphatic carbocycles. The number of carbonyl (C=O) groups excluding carboxylic acids is 1. The van der Waals surface area contributed by atoms with Crippen LogP contribution in [0.5, 0.6) is 0 Å². The quantitative estimate of drug-likeness (QED) is 0.459. The zero-order valence-corrected chi connectivity index (χ0v) is 17.6. The van der Waals surface area contributed by atoms with Crippen molar-refractivity contribution in [3.63, 3.8) is 0 Å². The number of amides is 1. The van der Waals surface area contributed by atoms with E-state index in [-0.39, 0.29) is 10.6 Å². The summed E-state index contributed by atoms with van der Waals surface area (Å²) in [5, 5.41) is 12.8. The van der Waals surface area contributed by atoms with Crippen molar-refractivity contribution < 1.29 is 4.79 Å². The molecule has 6 heteroatoms. The van der Waals surface area contributed by atoms with Gasteiger partial charge in [0.25, 0.3) is 5.91 Å². The third-order valence-electron chi connectivity index (χ3n) is 5.33. The zero-order valence-electron chi connectivity index (χ0n) is 16.1. The fourth-order valence-electron chi connectivity index (χ4n) is 3.94. The Morgan fingerprint density at radius 1 is 1.25 bits per heavy atom. The van der Waals surface area contributed by atoms with Gasteiger partial charge < -0.3 is 9.88 Å². The van der Waals surface area contributed by atoms with Crippen LogP contribution in [0.2, 0.25) is 10.0 Å². The summed E-state index contributed by atoms with van der Waals surface area (Å²) in [6, 6.07) is 9.53. The first-order valence-corrected chi connectivity index (χ1v) is 10.2. The van der Waals surface area contributed by atoms with Crippen molar-refractivity contribution in [1.29, 1.82) is 5.26 Å². The minimum Gasteiger partial charge on any atom is -0.346 e. The van der Waals surface area contributed by atoms with Gasteiger partial charge in [-0.25, -0.2) is 0 Å². The maximum Gasteiger partial charge on any atom is 0.266 e. The molecule has 4 nitrogen and oxygen atoms in total. The van der Waals surface area contributed by atoms with Gasteiger partial charge in [-0.05, 0) is 56.5 Å². The minimum atomic E-state index is -0.505. The van der Waals surface area contributed by atoms with Crippen LogP contribution >= 0.6 is 23.2 Å². The van der Waals surface area contributed by atoms with Gasteiger partial charge in [0.05, 0.1) is 15.7 Å². The summed E-state index contributed by atoms with van der Waals surface area (Å²) >= 11 is 12.1. The fourth-order valence-corrected chi connectivity index (χ4v) is 4.29. The summed E-state index contributed by atoms with van der Waals surface area (Å²) in [5.74, 6) is -0.505. The Bertz CT molecular complexity index is 963. The summed E-state index contributed by atoms with van der Waals surface area (Å²) in [7, 11) is 0. The highest BCUT2D eigenvalue weighted by Gasteiger charge is 2.20. The molecule has 1 aromatic carbocycles. The second-order valence-corrected chi connectivity index (χ2v) is 8.00. The number of anilines is 1. The summed E-state index contributed by atoms with van der Waals surface area (Å²) in [5.41, 5.74) is 3.55. The van der Waals surface area contributed by atoms with Crippen LogP contribution in [0.3, 0.4) is 0 Å². The Balaban J connectivity index is 1.87. The molecule has 2 aromatic rings.